The summed E-state index contributed by atoms with van der Waals surface area (Å²) in [5.74, 6) is -0.213. The number of anilines is 1. The van der Waals surface area contributed by atoms with Crippen LogP contribution in [0.25, 0.3) is 16.1 Å². The summed E-state index contributed by atoms with van der Waals surface area (Å²) in [6.45, 7) is 11.1. The minimum atomic E-state index is -0.213. The predicted molar refractivity (Wildman–Crippen MR) is 95.5 cm³/mol. The van der Waals surface area contributed by atoms with E-state index in [1.165, 1.54) is 11.3 Å². The molecule has 1 amide bonds. The largest absolute Gasteiger partial charge is 0.298 e. The second-order valence-corrected chi connectivity index (χ2v) is 6.15. The van der Waals surface area contributed by atoms with E-state index in [1.54, 1.807) is 24.5 Å². The van der Waals surface area contributed by atoms with Gasteiger partial charge >= 0.3 is 0 Å². The molecule has 0 atom stereocenters. The third-order valence-corrected chi connectivity index (χ3v) is 4.33. The molecule has 0 aliphatic rings. The van der Waals surface area contributed by atoms with Crippen molar-refractivity contribution in [3.05, 3.63) is 70.1 Å². The Morgan fingerprint density at radius 2 is 1.88 bits per heavy atom. The van der Waals surface area contributed by atoms with Crippen molar-refractivity contribution in [2.45, 2.75) is 13.8 Å². The van der Waals surface area contributed by atoms with Crippen molar-refractivity contribution in [1.29, 1.82) is 0 Å². The van der Waals surface area contributed by atoms with Crippen LogP contribution in [0.3, 0.4) is 0 Å². The zero-order chi connectivity index (χ0) is 17.1. The number of hydrogen-bond donors (Lipinski definition) is 1. The minimum absolute atomic E-state index is 0.213. The van der Waals surface area contributed by atoms with E-state index in [4.69, 9.17) is 6.57 Å². The molecule has 0 fully saturated rings. The van der Waals surface area contributed by atoms with Gasteiger partial charge in [0, 0.05) is 28.9 Å². The maximum atomic E-state index is 12.2. The average Bonchev–Trinajstić information content (AvgIpc) is 3.02. The van der Waals surface area contributed by atoms with Crippen LogP contribution >= 0.6 is 11.3 Å². The molecule has 5 nitrogen and oxygen atoms in total. The summed E-state index contributed by atoms with van der Waals surface area (Å²) >= 11 is 1.38. The molecule has 0 bridgehead atoms. The Bertz CT molecular complexity index is 918. The van der Waals surface area contributed by atoms with E-state index in [0.29, 0.717) is 16.4 Å². The molecule has 3 rings (SSSR count). The number of aryl methyl sites for hydroxylation is 2. The number of hydrogen-bond acceptors (Lipinski definition) is 4. The normalized spacial score (nSPS) is 10.2. The fraction of sp³-hybridized carbons (Fsp3) is 0.111. The molecular formula is C18H14N4OS. The number of rotatable bonds is 3. The van der Waals surface area contributed by atoms with Gasteiger partial charge in [-0.3, -0.25) is 15.1 Å². The summed E-state index contributed by atoms with van der Waals surface area (Å²) in [7, 11) is 0. The molecule has 0 aliphatic heterocycles. The lowest BCUT2D eigenvalue weighted by Crippen LogP contribution is -2.11. The van der Waals surface area contributed by atoms with Crippen LogP contribution in [-0.4, -0.2) is 15.9 Å². The lowest BCUT2D eigenvalue weighted by atomic mass is 10.00. The number of carbonyl (C=O) groups excluding carboxylic acids is 1. The molecule has 1 N–H and O–H groups in total. The van der Waals surface area contributed by atoms with Crippen LogP contribution in [-0.2, 0) is 0 Å². The zero-order valence-electron chi connectivity index (χ0n) is 13.2. The van der Waals surface area contributed by atoms with Crippen molar-refractivity contribution in [3.63, 3.8) is 0 Å². The highest BCUT2D eigenvalue weighted by molar-refractivity contribution is 7.14. The quantitative estimate of drug-likeness (QED) is 0.711. The number of carbonyl (C=O) groups is 1. The van der Waals surface area contributed by atoms with E-state index in [2.05, 4.69) is 20.1 Å². The van der Waals surface area contributed by atoms with Crippen LogP contribution in [0.2, 0.25) is 0 Å². The first-order valence-electron chi connectivity index (χ1n) is 7.24. The first-order chi connectivity index (χ1) is 11.6. The predicted octanol–water partition coefficient (Wildman–Crippen LogP) is 4.63. The summed E-state index contributed by atoms with van der Waals surface area (Å²) in [5.41, 5.74) is 4.96. The number of pyridine rings is 1. The van der Waals surface area contributed by atoms with Gasteiger partial charge in [0.25, 0.3) is 5.91 Å². The van der Waals surface area contributed by atoms with E-state index in [-0.39, 0.29) is 5.91 Å². The van der Waals surface area contributed by atoms with Gasteiger partial charge in [-0.25, -0.2) is 9.83 Å². The summed E-state index contributed by atoms with van der Waals surface area (Å²) in [6.07, 6.45) is 3.15. The van der Waals surface area contributed by atoms with E-state index in [9.17, 15) is 4.79 Å². The summed E-state index contributed by atoms with van der Waals surface area (Å²) < 4.78 is 0. The minimum Gasteiger partial charge on any atom is -0.298 e. The van der Waals surface area contributed by atoms with Crippen LogP contribution in [0.1, 0.15) is 21.5 Å². The van der Waals surface area contributed by atoms with Gasteiger partial charge in [0.05, 0.1) is 12.3 Å². The van der Waals surface area contributed by atoms with Crippen LogP contribution < -0.4 is 5.32 Å². The molecule has 0 saturated carbocycles. The Morgan fingerprint density at radius 3 is 2.50 bits per heavy atom. The molecule has 24 heavy (non-hydrogen) atoms. The second kappa shape index (κ2) is 6.60. The van der Waals surface area contributed by atoms with Crippen molar-refractivity contribution in [3.8, 4) is 11.3 Å². The van der Waals surface area contributed by atoms with Crippen molar-refractivity contribution >= 4 is 28.1 Å². The Hall–Kier alpha value is -3.04. The van der Waals surface area contributed by atoms with E-state index >= 15 is 0 Å². The first kappa shape index (κ1) is 15.8. The van der Waals surface area contributed by atoms with Gasteiger partial charge in [0.15, 0.2) is 10.8 Å². The van der Waals surface area contributed by atoms with Gasteiger partial charge in [-0.1, -0.05) is 23.3 Å². The third kappa shape index (κ3) is 3.16. The topological polar surface area (TPSA) is 59.2 Å². The van der Waals surface area contributed by atoms with Crippen LogP contribution in [0.15, 0.2) is 42.0 Å². The van der Waals surface area contributed by atoms with Crippen molar-refractivity contribution in [2.24, 2.45) is 0 Å². The number of benzene rings is 1. The monoisotopic (exact) mass is 334 g/mol. The Kier molecular flexibility index (Phi) is 4.36. The van der Waals surface area contributed by atoms with E-state index in [1.807, 2.05) is 31.4 Å². The smallest absolute Gasteiger partial charge is 0.257 e. The molecule has 2 heterocycles. The van der Waals surface area contributed by atoms with Gasteiger partial charge < -0.3 is 0 Å². The molecule has 2 aromatic heterocycles. The number of amides is 1. The van der Waals surface area contributed by atoms with Crippen LogP contribution in [0, 0.1) is 20.4 Å². The molecular weight excluding hydrogens is 320 g/mol. The lowest BCUT2D eigenvalue weighted by Gasteiger charge is -2.08. The molecule has 3 aromatic rings. The third-order valence-electron chi connectivity index (χ3n) is 3.57. The zero-order valence-corrected chi connectivity index (χ0v) is 14.0. The number of nitrogens with zero attached hydrogens (tertiary/aromatic N) is 3. The molecule has 0 aliphatic carbocycles. The lowest BCUT2D eigenvalue weighted by molar-refractivity contribution is 0.102. The SMILES string of the molecule is [C-]#[N+]c1cc(C)c(-c2csc(NC(=O)c3ccncc3)n2)c(C)c1. The molecule has 0 spiro atoms. The van der Waals surface area contributed by atoms with Gasteiger partial charge in [-0.05, 0) is 26.0 Å². The highest BCUT2D eigenvalue weighted by Crippen LogP contribution is 2.33. The fourth-order valence-corrected chi connectivity index (χ4v) is 3.22. The van der Waals surface area contributed by atoms with Crippen LogP contribution in [0.4, 0.5) is 10.8 Å². The molecule has 0 saturated heterocycles. The highest BCUT2D eigenvalue weighted by atomic mass is 32.1. The highest BCUT2D eigenvalue weighted by Gasteiger charge is 2.13. The molecule has 6 heteroatoms. The molecule has 0 radical (unpaired) electrons. The second-order valence-electron chi connectivity index (χ2n) is 5.29. The molecule has 118 valence electrons. The summed E-state index contributed by atoms with van der Waals surface area (Å²) in [4.78, 5) is 24.1. The molecule has 1 aromatic carbocycles. The Morgan fingerprint density at radius 1 is 1.21 bits per heavy atom. The number of thiazole rings is 1. The van der Waals surface area contributed by atoms with Crippen molar-refractivity contribution in [2.75, 3.05) is 5.32 Å². The van der Waals surface area contributed by atoms with Gasteiger partial charge in [0.1, 0.15) is 0 Å². The van der Waals surface area contributed by atoms with Gasteiger partial charge in [-0.15, -0.1) is 11.3 Å². The van der Waals surface area contributed by atoms with E-state index < -0.39 is 0 Å². The summed E-state index contributed by atoms with van der Waals surface area (Å²) in [5, 5.41) is 5.26. The van der Waals surface area contributed by atoms with Gasteiger partial charge in [0.2, 0.25) is 0 Å². The number of nitrogens with one attached hydrogen (secondary N) is 1. The standard InChI is InChI=1S/C18H14N4OS/c1-11-8-14(19-3)9-12(2)16(11)15-10-24-18(21-15)22-17(23)13-4-6-20-7-5-13/h4-10H,1-2H3,(H,21,22,23). The maximum absolute atomic E-state index is 12.2. The Balaban J connectivity index is 1.87. The average molecular weight is 334 g/mol. The van der Waals surface area contributed by atoms with E-state index in [0.717, 1.165) is 22.4 Å². The Labute approximate surface area is 143 Å². The van der Waals surface area contributed by atoms with Gasteiger partial charge in [-0.2, -0.15) is 0 Å². The maximum Gasteiger partial charge on any atom is 0.257 e. The first-order valence-corrected chi connectivity index (χ1v) is 8.12. The molecule has 0 unspecified atom stereocenters. The van der Waals surface area contributed by atoms with Crippen molar-refractivity contribution in [1.82, 2.24) is 9.97 Å². The fourth-order valence-electron chi connectivity index (χ4n) is 2.53. The van der Waals surface area contributed by atoms with Crippen molar-refractivity contribution < 1.29 is 4.79 Å². The van der Waals surface area contributed by atoms with Crippen LogP contribution in [0.5, 0.6) is 0 Å². The number of aromatic nitrogens is 2. The summed E-state index contributed by atoms with van der Waals surface area (Å²) in [6, 6.07) is 7.01.